The normalized spacial score (nSPS) is 11.6. The first-order chi connectivity index (χ1) is 10.7. The van der Waals surface area contributed by atoms with Gasteiger partial charge in [-0.2, -0.15) is 0 Å². The number of hydrogen-bond acceptors (Lipinski definition) is 1. The fourth-order valence-electron chi connectivity index (χ4n) is 3.36. The summed E-state index contributed by atoms with van der Waals surface area (Å²) in [5.74, 6) is 0.430. The van der Waals surface area contributed by atoms with Gasteiger partial charge in [-0.3, -0.25) is 0 Å². The third-order valence-corrected chi connectivity index (χ3v) is 20.0. The molecule has 0 amide bonds. The van der Waals surface area contributed by atoms with Gasteiger partial charge < -0.3 is 0 Å². The average Bonchev–Trinajstić information content (AvgIpc) is 2.56. The van der Waals surface area contributed by atoms with Gasteiger partial charge in [-0.05, 0) is 0 Å². The summed E-state index contributed by atoms with van der Waals surface area (Å²) in [7, 11) is 0. The predicted molar refractivity (Wildman–Crippen MR) is 100 cm³/mol. The van der Waals surface area contributed by atoms with Crippen LogP contribution in [0.1, 0.15) is 69.7 Å². The van der Waals surface area contributed by atoms with Gasteiger partial charge in [0.25, 0.3) is 0 Å². The first-order valence-corrected chi connectivity index (χ1v) is 17.3. The summed E-state index contributed by atoms with van der Waals surface area (Å²) in [6.45, 7) is 6.86. The van der Waals surface area contributed by atoms with Gasteiger partial charge in [0.15, 0.2) is 0 Å². The molecule has 0 bridgehead atoms. The van der Waals surface area contributed by atoms with Crippen LogP contribution >= 0.6 is 0 Å². The number of rotatable bonds is 12. The molecule has 2 heteroatoms. The molecule has 1 aromatic rings. The van der Waals surface area contributed by atoms with Crippen LogP contribution in [0.4, 0.5) is 0 Å². The number of benzene rings is 1. The maximum absolute atomic E-state index is 12.8. The van der Waals surface area contributed by atoms with Crippen LogP contribution < -0.4 is 0 Å². The van der Waals surface area contributed by atoms with E-state index < -0.39 is 18.4 Å². The van der Waals surface area contributed by atoms with Crippen molar-refractivity contribution < 1.29 is 4.79 Å². The van der Waals surface area contributed by atoms with Gasteiger partial charge in [0, 0.05) is 0 Å². The van der Waals surface area contributed by atoms with Crippen molar-refractivity contribution in [2.75, 3.05) is 0 Å². The zero-order valence-electron chi connectivity index (χ0n) is 14.9. The standard InChI is InChI=1S/C8H7O.3C4H9.Sn/c1-7(9)8-5-3-2-4-6-8;3*1-3-4-2;/h2-6H,1H2;3*1,3-4H2,2H3;. The van der Waals surface area contributed by atoms with Gasteiger partial charge in [0.1, 0.15) is 0 Å². The third-order valence-electron chi connectivity index (χ3n) is 4.81. The molecule has 0 heterocycles. The van der Waals surface area contributed by atoms with E-state index in [2.05, 4.69) is 20.8 Å². The van der Waals surface area contributed by atoms with Crippen molar-refractivity contribution in [2.24, 2.45) is 0 Å². The molecule has 0 aliphatic rings. The van der Waals surface area contributed by atoms with E-state index in [9.17, 15) is 4.79 Å². The summed E-state index contributed by atoms with van der Waals surface area (Å²) in [5, 5.41) is 0. The summed E-state index contributed by atoms with van der Waals surface area (Å²) in [5.41, 5.74) is 0.938. The van der Waals surface area contributed by atoms with Gasteiger partial charge in [-0.25, -0.2) is 0 Å². The van der Waals surface area contributed by atoms with E-state index in [4.69, 9.17) is 0 Å². The molecule has 124 valence electrons. The van der Waals surface area contributed by atoms with Crippen molar-refractivity contribution in [3.63, 3.8) is 0 Å². The van der Waals surface area contributed by atoms with Gasteiger partial charge in [-0.1, -0.05) is 0 Å². The second kappa shape index (κ2) is 11.3. The molecule has 1 rings (SSSR count). The minimum atomic E-state index is -2.32. The molecule has 0 saturated carbocycles. The molecule has 0 spiro atoms. The van der Waals surface area contributed by atoms with E-state index in [-0.39, 0.29) is 0 Å². The Morgan fingerprint density at radius 3 is 1.68 bits per heavy atom. The number of ketones is 1. The average molecular weight is 409 g/mol. The van der Waals surface area contributed by atoms with E-state index in [1.807, 2.05) is 30.3 Å². The summed E-state index contributed by atoms with van der Waals surface area (Å²) in [6, 6.07) is 9.98. The van der Waals surface area contributed by atoms with Crippen LogP contribution in [0.15, 0.2) is 30.3 Å². The molecule has 0 aromatic heterocycles. The van der Waals surface area contributed by atoms with Crippen molar-refractivity contribution in [3.8, 4) is 0 Å². The fourth-order valence-corrected chi connectivity index (χ4v) is 19.0. The first-order valence-electron chi connectivity index (χ1n) is 9.25. The molecular weight excluding hydrogens is 375 g/mol. The monoisotopic (exact) mass is 410 g/mol. The van der Waals surface area contributed by atoms with Crippen LogP contribution in [0.25, 0.3) is 0 Å². The van der Waals surface area contributed by atoms with Crippen LogP contribution in [0, 0.1) is 0 Å². The van der Waals surface area contributed by atoms with Crippen molar-refractivity contribution in [1.29, 1.82) is 0 Å². The van der Waals surface area contributed by atoms with Crippen LogP contribution in [-0.4, -0.2) is 24.2 Å². The number of carbonyl (C=O) groups excluding carboxylic acids is 1. The summed E-state index contributed by atoms with van der Waals surface area (Å²) in [4.78, 5) is 12.8. The molecule has 1 aromatic carbocycles. The molecule has 0 aliphatic heterocycles. The Kier molecular flexibility index (Phi) is 10.1. The van der Waals surface area contributed by atoms with E-state index in [1.54, 1.807) is 0 Å². The predicted octanol–water partition coefficient (Wildman–Crippen LogP) is 6.72. The van der Waals surface area contributed by atoms with E-state index >= 15 is 0 Å². The van der Waals surface area contributed by atoms with Crippen LogP contribution in [0.2, 0.25) is 17.7 Å². The second-order valence-electron chi connectivity index (χ2n) is 6.78. The van der Waals surface area contributed by atoms with Crippen LogP contribution in [-0.2, 0) is 0 Å². The fraction of sp³-hybridized carbons (Fsp3) is 0.650. The van der Waals surface area contributed by atoms with Gasteiger partial charge >= 0.3 is 142 Å². The first kappa shape index (κ1) is 19.7. The zero-order chi connectivity index (χ0) is 16.3. The molecule has 0 atom stereocenters. The zero-order valence-corrected chi connectivity index (χ0v) is 17.7. The molecule has 1 nitrogen and oxygen atoms in total. The Balaban J connectivity index is 2.86. The number of hydrogen-bond donors (Lipinski definition) is 0. The Labute approximate surface area is 141 Å². The van der Waals surface area contributed by atoms with Crippen molar-refractivity contribution in [1.82, 2.24) is 0 Å². The quantitative estimate of drug-likeness (QED) is 0.277. The van der Waals surface area contributed by atoms with Crippen molar-refractivity contribution in [2.45, 2.75) is 77.0 Å². The third kappa shape index (κ3) is 6.85. The van der Waals surface area contributed by atoms with Gasteiger partial charge in [-0.15, -0.1) is 0 Å². The maximum atomic E-state index is 12.8. The van der Waals surface area contributed by atoms with E-state index in [0.29, 0.717) is 5.78 Å². The minimum absolute atomic E-state index is 0.430. The van der Waals surface area contributed by atoms with Gasteiger partial charge in [0.05, 0.1) is 0 Å². The molecule has 0 fully saturated rings. The van der Waals surface area contributed by atoms with Crippen LogP contribution in [0.3, 0.4) is 0 Å². The Morgan fingerprint density at radius 2 is 1.27 bits per heavy atom. The summed E-state index contributed by atoms with van der Waals surface area (Å²) >= 11 is -2.32. The molecule has 0 unspecified atom stereocenters. The SMILES string of the molecule is CCC[CH2][Sn]([CH2]CCC)([CH2]CCC)[CH2]C(=O)c1ccccc1. The van der Waals surface area contributed by atoms with Crippen LogP contribution in [0.5, 0.6) is 0 Å². The summed E-state index contributed by atoms with van der Waals surface area (Å²) in [6.07, 6.45) is 7.84. The second-order valence-corrected chi connectivity index (χ2v) is 20.6. The van der Waals surface area contributed by atoms with E-state index in [0.717, 1.165) is 10.0 Å². The van der Waals surface area contributed by atoms with Gasteiger partial charge in [0.2, 0.25) is 0 Å². The van der Waals surface area contributed by atoms with Crippen molar-refractivity contribution in [3.05, 3.63) is 35.9 Å². The topological polar surface area (TPSA) is 17.1 Å². The molecule has 0 aliphatic carbocycles. The summed E-state index contributed by atoms with van der Waals surface area (Å²) < 4.78 is 5.20. The molecule has 22 heavy (non-hydrogen) atoms. The molecule has 0 N–H and O–H groups in total. The molecular formula is C20H34OSn. The Bertz CT molecular complexity index is 391. The molecule has 0 saturated heterocycles. The number of Topliss-reactive ketones (excluding diaryl/α,β-unsaturated/α-hetero) is 1. The van der Waals surface area contributed by atoms with Crippen molar-refractivity contribution >= 4 is 24.2 Å². The Morgan fingerprint density at radius 1 is 0.818 bits per heavy atom. The Hall–Kier alpha value is -0.311. The van der Waals surface area contributed by atoms with E-state index in [1.165, 1.54) is 51.8 Å². The number of carbonyl (C=O) groups is 1. The number of unbranched alkanes of at least 4 members (excludes halogenated alkanes) is 3. The molecule has 0 radical (unpaired) electrons.